The molecule has 1 aromatic carbocycles. The number of hydrogen-bond acceptors (Lipinski definition) is 18. The minimum absolute atomic E-state index is 0.0162. The Morgan fingerprint density at radius 3 is 1.99 bits per heavy atom. The van der Waals surface area contributed by atoms with Crippen molar-refractivity contribution in [2.45, 2.75) is 130 Å². The summed E-state index contributed by atoms with van der Waals surface area (Å²) in [6, 6.07) is 7.78. The smallest absolute Gasteiger partial charge is 0.456 e. The monoisotopic (exact) mass is 1150 g/mol. The molecular formula is C47H53Cl6NO17S. The molecule has 72 heavy (non-hydrogen) atoms. The maximum Gasteiger partial charge on any atom is 0.509 e. The Hall–Kier alpha value is -3.63. The van der Waals surface area contributed by atoms with Gasteiger partial charge in [0.1, 0.15) is 43.2 Å². The Balaban J connectivity index is 1.61. The van der Waals surface area contributed by atoms with E-state index in [1.165, 1.54) is 63.3 Å². The van der Waals surface area contributed by atoms with E-state index in [9.17, 15) is 39.0 Å². The van der Waals surface area contributed by atoms with Crippen molar-refractivity contribution in [3.05, 3.63) is 69.4 Å². The number of rotatable bonds is 12. The number of carbonyl (C=O) groups excluding carboxylic acids is 7. The van der Waals surface area contributed by atoms with Gasteiger partial charge in [-0.2, -0.15) is 11.3 Å². The van der Waals surface area contributed by atoms with Crippen LogP contribution in [0.2, 0.25) is 0 Å². The van der Waals surface area contributed by atoms with Crippen LogP contribution in [0, 0.1) is 22.2 Å². The second-order valence-corrected chi connectivity index (χ2v) is 25.7. The summed E-state index contributed by atoms with van der Waals surface area (Å²) < 4.78 is 42.4. The first-order chi connectivity index (χ1) is 33.2. The number of amides is 1. The number of fused-ring (bicyclic) bond motifs is 5. The number of ether oxygens (including phenoxy) is 8. The van der Waals surface area contributed by atoms with Crippen molar-refractivity contribution in [1.82, 2.24) is 5.32 Å². The van der Waals surface area contributed by atoms with Gasteiger partial charge in [-0.05, 0) is 54.0 Å². The highest BCUT2D eigenvalue weighted by molar-refractivity contribution is 7.08. The molecule has 0 radical (unpaired) electrons. The van der Waals surface area contributed by atoms with Crippen LogP contribution < -0.4 is 5.32 Å². The Kier molecular flexibility index (Phi) is 17.0. The molecule has 25 heteroatoms. The van der Waals surface area contributed by atoms with E-state index in [0.29, 0.717) is 0 Å². The van der Waals surface area contributed by atoms with Gasteiger partial charge in [0, 0.05) is 36.1 Å². The van der Waals surface area contributed by atoms with Crippen LogP contribution in [-0.2, 0) is 52.3 Å². The van der Waals surface area contributed by atoms with Crippen LogP contribution in [0.1, 0.15) is 88.9 Å². The highest BCUT2D eigenvalue weighted by atomic mass is 35.6. The Morgan fingerprint density at radius 2 is 1.47 bits per heavy atom. The van der Waals surface area contributed by atoms with E-state index < -0.39 is 158 Å². The van der Waals surface area contributed by atoms with E-state index in [4.69, 9.17) is 108 Å². The number of halogens is 6. The molecular weight excluding hydrogens is 1100 g/mol. The maximum atomic E-state index is 16.2. The summed E-state index contributed by atoms with van der Waals surface area (Å²) in [7, 11) is 0. The Labute approximate surface area is 448 Å². The predicted molar refractivity (Wildman–Crippen MR) is 261 cm³/mol. The lowest BCUT2D eigenvalue weighted by Crippen LogP contribution is -2.82. The van der Waals surface area contributed by atoms with Crippen molar-refractivity contribution in [3.8, 4) is 0 Å². The van der Waals surface area contributed by atoms with Crippen molar-refractivity contribution in [2.75, 3.05) is 19.8 Å². The fourth-order valence-electron chi connectivity index (χ4n) is 10.3. The molecule has 2 heterocycles. The molecule has 2 saturated carbocycles. The topological polar surface area (TPSA) is 246 Å². The molecule has 2 bridgehead atoms. The number of Topliss-reactive ketones (excluding diaryl/α,β-unsaturated/α-hetero) is 1. The Bertz CT molecular complexity index is 2460. The molecule has 0 unspecified atom stereocenters. The fraction of sp³-hybridized carbons (Fsp3) is 0.596. The van der Waals surface area contributed by atoms with Gasteiger partial charge >= 0.3 is 30.2 Å². The molecule has 4 aliphatic rings. The van der Waals surface area contributed by atoms with Gasteiger partial charge in [0.15, 0.2) is 23.6 Å². The van der Waals surface area contributed by atoms with Gasteiger partial charge in [0.2, 0.25) is 7.59 Å². The number of benzene rings is 1. The normalized spacial score (nSPS) is 29.8. The quantitative estimate of drug-likeness (QED) is 0.0789. The highest BCUT2D eigenvalue weighted by Gasteiger charge is 2.79. The number of esters is 3. The van der Waals surface area contributed by atoms with Crippen molar-refractivity contribution in [1.29, 1.82) is 0 Å². The summed E-state index contributed by atoms with van der Waals surface area (Å²) in [5.41, 5.74) is -9.99. The molecule has 3 aliphatic carbocycles. The molecule has 0 spiro atoms. The summed E-state index contributed by atoms with van der Waals surface area (Å²) >= 11 is 36.6. The van der Waals surface area contributed by atoms with E-state index in [-0.39, 0.29) is 22.3 Å². The van der Waals surface area contributed by atoms with Gasteiger partial charge in [0.05, 0.1) is 29.5 Å². The number of thiophene rings is 1. The van der Waals surface area contributed by atoms with Gasteiger partial charge in [0.25, 0.3) is 5.91 Å². The van der Waals surface area contributed by atoms with Gasteiger partial charge in [-0.3, -0.25) is 14.4 Å². The molecule has 18 nitrogen and oxygen atoms in total. The lowest BCUT2D eigenvalue weighted by molar-refractivity contribution is -0.346. The maximum absolute atomic E-state index is 16.2. The van der Waals surface area contributed by atoms with Crippen molar-refractivity contribution < 1.29 is 81.7 Å². The van der Waals surface area contributed by atoms with Crippen molar-refractivity contribution in [3.63, 3.8) is 0 Å². The molecule has 1 amide bonds. The summed E-state index contributed by atoms with van der Waals surface area (Å²) in [5, 5.41) is 31.8. The number of carbonyl (C=O) groups is 7. The third-order valence-corrected chi connectivity index (χ3v) is 15.2. The zero-order chi connectivity index (χ0) is 53.7. The molecule has 3 N–H and O–H groups in total. The van der Waals surface area contributed by atoms with E-state index in [1.807, 2.05) is 0 Å². The van der Waals surface area contributed by atoms with Crippen LogP contribution in [-0.4, -0.2) is 133 Å². The first-order valence-electron chi connectivity index (χ1n) is 22.2. The lowest BCUT2D eigenvalue weighted by Gasteiger charge is -2.67. The molecule has 11 atom stereocenters. The first-order valence-corrected chi connectivity index (χ1v) is 25.5. The zero-order valence-corrected chi connectivity index (χ0v) is 45.3. The van der Waals surface area contributed by atoms with Gasteiger partial charge in [-0.25, -0.2) is 19.2 Å². The Morgan fingerprint density at radius 1 is 0.875 bits per heavy atom. The fourth-order valence-corrected chi connectivity index (χ4v) is 11.3. The van der Waals surface area contributed by atoms with Crippen LogP contribution >= 0.6 is 80.9 Å². The molecule has 1 aliphatic heterocycles. The van der Waals surface area contributed by atoms with E-state index in [0.717, 1.165) is 6.92 Å². The molecule has 1 aromatic heterocycles. The van der Waals surface area contributed by atoms with Gasteiger partial charge in [-0.15, -0.1) is 0 Å². The lowest BCUT2D eigenvalue weighted by atomic mass is 9.44. The van der Waals surface area contributed by atoms with Crippen LogP contribution in [0.4, 0.5) is 9.59 Å². The zero-order valence-electron chi connectivity index (χ0n) is 40.0. The van der Waals surface area contributed by atoms with Crippen LogP contribution in [0.15, 0.2) is 58.3 Å². The predicted octanol–water partition coefficient (Wildman–Crippen LogP) is 7.96. The van der Waals surface area contributed by atoms with E-state index in [1.54, 1.807) is 43.7 Å². The minimum Gasteiger partial charge on any atom is -0.456 e. The van der Waals surface area contributed by atoms with Crippen molar-refractivity contribution >= 4 is 123 Å². The third-order valence-electron chi connectivity index (χ3n) is 13.8. The average molecular weight is 1150 g/mol. The molecule has 1 saturated heterocycles. The number of ketones is 1. The SMILES string of the molecule is CC(=O)O[C@@]12CO[C@@H]1C[C@H](OC(=O)OCC(Cl)(Cl)Cl)[C@@]1(C)C(=O)[C@H](OC(=O)OCC(Cl)(Cl)Cl)C3=C(C)[C@@H](OC(=O)[C@H](O)[C@@H](NC(=O)c4ccsc4)C(C)(C)C)C[C@@](O)([C@@H](OC(=O)c4ccccc4)[C@H]21)C3(C)C. The second-order valence-electron chi connectivity index (χ2n) is 19.9. The highest BCUT2D eigenvalue weighted by Crippen LogP contribution is 2.65. The summed E-state index contributed by atoms with van der Waals surface area (Å²) in [6.07, 6.45) is -15.2. The number of aliphatic hydroxyl groups excluding tert-OH is 1. The van der Waals surface area contributed by atoms with E-state index >= 15 is 4.79 Å². The largest absolute Gasteiger partial charge is 0.509 e. The molecule has 3 fully saturated rings. The second kappa shape index (κ2) is 21.2. The number of nitrogens with one attached hydrogen (secondary N) is 1. The standard InChI is InChI=1S/C47H53Cl6NO17S/c1-22-26(67-38(60)30(56)33(41(3,4)5)54-36(58)25-14-15-72-18-25)17-45(63)35(70-37(59)24-12-10-9-11-13-24)32-43(8,34(57)31(29(22)42(45,6)7)69-40(62)66-21-47(51,52)53)27(68-39(61)65-20-46(48,49)50)16-28-44(32,19-64-28)71-23(2)55/h9-15,18,26-28,30-33,35,56,63H,16-17,19-21H2,1-8H3,(H,54,58)/t26-,27-,28+,30+,31+,32-,33+,35-,43+,44-,45+/m0/s1. The summed E-state index contributed by atoms with van der Waals surface area (Å²) in [5.74, 6) is -6.84. The first kappa shape index (κ1) is 57.6. The number of hydrogen-bond donors (Lipinski definition) is 3. The van der Waals surface area contributed by atoms with Crippen LogP contribution in [0.3, 0.4) is 0 Å². The summed E-state index contributed by atoms with van der Waals surface area (Å²) in [6.45, 7) is 9.38. The van der Waals surface area contributed by atoms with E-state index in [2.05, 4.69) is 5.32 Å². The van der Waals surface area contributed by atoms with Crippen LogP contribution in [0.5, 0.6) is 0 Å². The molecule has 2 aromatic rings. The van der Waals surface area contributed by atoms with Gasteiger partial charge in [-0.1, -0.05) is 122 Å². The minimum atomic E-state index is -2.63. The number of aliphatic hydroxyl groups is 2. The molecule has 6 rings (SSSR count). The van der Waals surface area contributed by atoms with Crippen molar-refractivity contribution in [2.24, 2.45) is 22.2 Å². The average Bonchev–Trinajstić information content (AvgIpc) is 3.82. The number of alkyl halides is 6. The van der Waals surface area contributed by atoms with Crippen LogP contribution in [0.25, 0.3) is 0 Å². The van der Waals surface area contributed by atoms with Gasteiger partial charge < -0.3 is 53.4 Å². The summed E-state index contributed by atoms with van der Waals surface area (Å²) in [4.78, 5) is 99.4. The third kappa shape index (κ3) is 11.6. The molecule has 396 valence electrons.